The van der Waals surface area contributed by atoms with Gasteiger partial charge in [0, 0.05) is 31.4 Å². The summed E-state index contributed by atoms with van der Waals surface area (Å²) >= 11 is 0. The van der Waals surface area contributed by atoms with E-state index in [9.17, 15) is 4.79 Å². The number of nitrogens with zero attached hydrogens (tertiary/aromatic N) is 1. The van der Waals surface area contributed by atoms with Gasteiger partial charge >= 0.3 is 0 Å². The summed E-state index contributed by atoms with van der Waals surface area (Å²) in [7, 11) is 0. The van der Waals surface area contributed by atoms with E-state index in [1.54, 1.807) is 6.20 Å². The Labute approximate surface area is 119 Å². The van der Waals surface area contributed by atoms with E-state index in [-0.39, 0.29) is 11.9 Å². The summed E-state index contributed by atoms with van der Waals surface area (Å²) in [5.74, 6) is 1.88. The minimum absolute atomic E-state index is 0.00551. The number of carbonyl (C=O) groups excluding carboxylic acids is 1. The average molecular weight is 276 g/mol. The second kappa shape index (κ2) is 6.39. The molecule has 2 fully saturated rings. The van der Waals surface area contributed by atoms with Crippen LogP contribution >= 0.6 is 0 Å². The summed E-state index contributed by atoms with van der Waals surface area (Å²) in [6.45, 7) is 0.651. The third-order valence-electron chi connectivity index (χ3n) is 4.68. The van der Waals surface area contributed by atoms with E-state index >= 15 is 0 Å². The molecule has 2 heterocycles. The summed E-state index contributed by atoms with van der Waals surface area (Å²) in [6.07, 6.45) is 11.7. The Balaban J connectivity index is 1.43. The molecule has 3 atom stereocenters. The zero-order valence-corrected chi connectivity index (χ0v) is 11.9. The van der Waals surface area contributed by atoms with Gasteiger partial charge in [0.1, 0.15) is 5.82 Å². The molecule has 1 aromatic heterocycles. The van der Waals surface area contributed by atoms with Crippen molar-refractivity contribution >= 4 is 5.91 Å². The first-order valence-electron chi connectivity index (χ1n) is 7.85. The molecule has 3 unspecified atom stereocenters. The van der Waals surface area contributed by atoms with Crippen molar-refractivity contribution in [2.45, 2.75) is 57.0 Å². The predicted molar refractivity (Wildman–Crippen MR) is 77.2 cm³/mol. The lowest BCUT2D eigenvalue weighted by Gasteiger charge is -2.39. The molecule has 1 aliphatic heterocycles. The quantitative estimate of drug-likeness (QED) is 0.778. The van der Waals surface area contributed by atoms with Gasteiger partial charge in [-0.25, -0.2) is 4.98 Å². The first-order valence-corrected chi connectivity index (χ1v) is 7.85. The fourth-order valence-electron chi connectivity index (χ4n) is 3.56. The maximum absolute atomic E-state index is 12.2. The third kappa shape index (κ3) is 3.20. The zero-order chi connectivity index (χ0) is 13.8. The largest absolute Gasteiger partial charge is 0.354 e. The van der Waals surface area contributed by atoms with E-state index in [1.807, 2.05) is 6.20 Å². The minimum atomic E-state index is 0.00551. The average Bonchev–Trinajstić information content (AvgIpc) is 3.00. The van der Waals surface area contributed by atoms with Gasteiger partial charge in [0.25, 0.3) is 0 Å². The second-order valence-electron chi connectivity index (χ2n) is 6.02. The van der Waals surface area contributed by atoms with Crippen LogP contribution < -0.4 is 10.6 Å². The lowest BCUT2D eigenvalue weighted by Crippen LogP contribution is -2.55. The monoisotopic (exact) mass is 276 g/mol. The molecule has 20 heavy (non-hydrogen) atoms. The van der Waals surface area contributed by atoms with Crippen LogP contribution in [0.15, 0.2) is 12.4 Å². The molecule has 0 spiro atoms. The highest BCUT2D eigenvalue weighted by atomic mass is 16.2. The summed E-state index contributed by atoms with van der Waals surface area (Å²) in [5.41, 5.74) is 0. The standard InChI is InChI=1S/C15H24N4O/c20-15(18-8-7-14-16-9-10-17-14)13-6-5-11-3-1-2-4-12(11)19-13/h9-13,19H,1-8H2,(H,16,17)(H,18,20). The summed E-state index contributed by atoms with van der Waals surface area (Å²) in [4.78, 5) is 19.4. The number of H-pyrrole nitrogens is 1. The molecule has 5 heteroatoms. The number of carbonyl (C=O) groups is 1. The van der Waals surface area contributed by atoms with Crippen LogP contribution in [0.5, 0.6) is 0 Å². The van der Waals surface area contributed by atoms with E-state index < -0.39 is 0 Å². The van der Waals surface area contributed by atoms with Gasteiger partial charge in [-0.2, -0.15) is 0 Å². The van der Waals surface area contributed by atoms with Crippen molar-refractivity contribution in [3.05, 3.63) is 18.2 Å². The normalized spacial score (nSPS) is 29.7. The molecule has 1 amide bonds. The molecule has 1 saturated carbocycles. The Morgan fingerprint density at radius 3 is 3.05 bits per heavy atom. The first kappa shape index (κ1) is 13.6. The summed E-state index contributed by atoms with van der Waals surface area (Å²) in [6, 6.07) is 0.573. The topological polar surface area (TPSA) is 69.8 Å². The maximum atomic E-state index is 12.2. The SMILES string of the molecule is O=C(NCCc1ncc[nH]1)C1CCC2CCCCC2N1. The van der Waals surface area contributed by atoms with Crippen molar-refractivity contribution in [2.24, 2.45) is 5.92 Å². The number of aromatic amines is 1. The van der Waals surface area contributed by atoms with Gasteiger partial charge in [-0.15, -0.1) is 0 Å². The molecular formula is C15H24N4O. The van der Waals surface area contributed by atoms with Crippen molar-refractivity contribution < 1.29 is 4.79 Å². The van der Waals surface area contributed by atoms with E-state index in [0.717, 1.165) is 24.6 Å². The number of amides is 1. The van der Waals surface area contributed by atoms with Crippen molar-refractivity contribution in [2.75, 3.05) is 6.54 Å². The van der Waals surface area contributed by atoms with Crippen LogP contribution in [0.3, 0.4) is 0 Å². The van der Waals surface area contributed by atoms with Crippen LogP contribution in [0, 0.1) is 5.92 Å². The number of fused-ring (bicyclic) bond motifs is 1. The molecule has 110 valence electrons. The Morgan fingerprint density at radius 2 is 2.20 bits per heavy atom. The van der Waals surface area contributed by atoms with Gasteiger partial charge in [0.05, 0.1) is 6.04 Å². The highest BCUT2D eigenvalue weighted by molar-refractivity contribution is 5.81. The number of imidazole rings is 1. The molecule has 2 aliphatic rings. The smallest absolute Gasteiger partial charge is 0.237 e. The van der Waals surface area contributed by atoms with Crippen LogP contribution in [0.4, 0.5) is 0 Å². The molecule has 3 N–H and O–H groups in total. The van der Waals surface area contributed by atoms with Gasteiger partial charge in [0.2, 0.25) is 5.91 Å². The fraction of sp³-hybridized carbons (Fsp3) is 0.733. The maximum Gasteiger partial charge on any atom is 0.237 e. The van der Waals surface area contributed by atoms with Gasteiger partial charge in [-0.05, 0) is 31.6 Å². The molecular weight excluding hydrogens is 252 g/mol. The summed E-state index contributed by atoms with van der Waals surface area (Å²) < 4.78 is 0. The van der Waals surface area contributed by atoms with E-state index in [1.165, 1.54) is 32.1 Å². The van der Waals surface area contributed by atoms with E-state index in [2.05, 4.69) is 20.6 Å². The number of hydrogen-bond donors (Lipinski definition) is 3. The number of piperidine rings is 1. The molecule has 0 bridgehead atoms. The Bertz CT molecular complexity index is 431. The number of aromatic nitrogens is 2. The van der Waals surface area contributed by atoms with Crippen molar-refractivity contribution in [3.63, 3.8) is 0 Å². The Morgan fingerprint density at radius 1 is 1.30 bits per heavy atom. The van der Waals surface area contributed by atoms with E-state index in [4.69, 9.17) is 0 Å². The number of rotatable bonds is 4. The molecule has 0 radical (unpaired) electrons. The van der Waals surface area contributed by atoms with Gasteiger partial charge in [-0.1, -0.05) is 12.8 Å². The predicted octanol–water partition coefficient (Wildman–Crippen LogP) is 1.38. The van der Waals surface area contributed by atoms with Crippen molar-refractivity contribution in [1.82, 2.24) is 20.6 Å². The minimum Gasteiger partial charge on any atom is -0.354 e. The van der Waals surface area contributed by atoms with Crippen LogP contribution in [0.1, 0.15) is 44.3 Å². The molecule has 0 aromatic carbocycles. The second-order valence-corrected chi connectivity index (χ2v) is 6.02. The first-order chi connectivity index (χ1) is 9.83. The van der Waals surface area contributed by atoms with E-state index in [0.29, 0.717) is 12.6 Å². The highest BCUT2D eigenvalue weighted by Crippen LogP contribution is 2.32. The fourth-order valence-corrected chi connectivity index (χ4v) is 3.56. The molecule has 3 rings (SSSR count). The van der Waals surface area contributed by atoms with Gasteiger partial charge in [0.15, 0.2) is 0 Å². The summed E-state index contributed by atoms with van der Waals surface area (Å²) in [5, 5.41) is 6.59. The van der Waals surface area contributed by atoms with Crippen LogP contribution in [-0.4, -0.2) is 34.5 Å². The van der Waals surface area contributed by atoms with Crippen LogP contribution in [0.2, 0.25) is 0 Å². The molecule has 1 aromatic rings. The Hall–Kier alpha value is -1.36. The van der Waals surface area contributed by atoms with Crippen LogP contribution in [-0.2, 0) is 11.2 Å². The van der Waals surface area contributed by atoms with Crippen molar-refractivity contribution in [1.29, 1.82) is 0 Å². The van der Waals surface area contributed by atoms with Gasteiger partial charge < -0.3 is 15.6 Å². The zero-order valence-electron chi connectivity index (χ0n) is 11.9. The molecule has 1 saturated heterocycles. The highest BCUT2D eigenvalue weighted by Gasteiger charge is 2.34. The molecule has 1 aliphatic carbocycles. The molecule has 5 nitrogen and oxygen atoms in total. The van der Waals surface area contributed by atoms with Gasteiger partial charge in [-0.3, -0.25) is 4.79 Å². The van der Waals surface area contributed by atoms with Crippen molar-refractivity contribution in [3.8, 4) is 0 Å². The number of nitrogens with one attached hydrogen (secondary N) is 3. The lowest BCUT2D eigenvalue weighted by atomic mass is 9.77. The lowest BCUT2D eigenvalue weighted by molar-refractivity contribution is -0.124. The van der Waals surface area contributed by atoms with Crippen LogP contribution in [0.25, 0.3) is 0 Å². The third-order valence-corrected chi connectivity index (χ3v) is 4.68. The number of hydrogen-bond acceptors (Lipinski definition) is 3. The Kier molecular flexibility index (Phi) is 4.35.